The normalized spacial score (nSPS) is 23.8. The van der Waals surface area contributed by atoms with Crippen molar-refractivity contribution >= 4 is 23.0 Å². The van der Waals surface area contributed by atoms with Gasteiger partial charge in [0.1, 0.15) is 0 Å². The molecule has 0 spiro atoms. The van der Waals surface area contributed by atoms with Crippen molar-refractivity contribution in [2.75, 3.05) is 17.3 Å². The molecule has 0 radical (unpaired) electrons. The van der Waals surface area contributed by atoms with Crippen LogP contribution in [0.3, 0.4) is 0 Å². The molecule has 6 nitrogen and oxygen atoms in total. The molecule has 3 aliphatic rings. The van der Waals surface area contributed by atoms with Gasteiger partial charge in [-0.15, -0.1) is 0 Å². The number of aromatic nitrogens is 2. The maximum absolute atomic E-state index is 14.4. The van der Waals surface area contributed by atoms with E-state index in [9.17, 15) is 8.78 Å². The molecule has 0 saturated heterocycles. The zero-order valence-corrected chi connectivity index (χ0v) is 21.1. The molecular formula is C30H29F2N5O. The fourth-order valence-corrected chi connectivity index (χ4v) is 5.58. The monoisotopic (exact) mass is 513 g/mol. The van der Waals surface area contributed by atoms with Crippen molar-refractivity contribution in [3.63, 3.8) is 0 Å². The van der Waals surface area contributed by atoms with E-state index in [1.165, 1.54) is 12.1 Å². The summed E-state index contributed by atoms with van der Waals surface area (Å²) in [6, 6.07) is 14.1. The van der Waals surface area contributed by atoms with E-state index in [4.69, 9.17) is 9.73 Å². The van der Waals surface area contributed by atoms with Crippen LogP contribution in [0, 0.1) is 17.6 Å². The third-order valence-electron chi connectivity index (χ3n) is 7.51. The molecule has 6 rings (SSSR count). The Morgan fingerprint density at radius 2 is 1.76 bits per heavy atom. The summed E-state index contributed by atoms with van der Waals surface area (Å²) < 4.78 is 33.8. The van der Waals surface area contributed by atoms with Crippen molar-refractivity contribution in [3.8, 4) is 0 Å². The van der Waals surface area contributed by atoms with Gasteiger partial charge in [0.15, 0.2) is 11.6 Å². The van der Waals surface area contributed by atoms with Crippen molar-refractivity contribution in [2.24, 2.45) is 10.9 Å². The molecule has 0 bridgehead atoms. The minimum Gasteiger partial charge on any atom is -0.381 e. The van der Waals surface area contributed by atoms with Crippen LogP contribution in [0.15, 0.2) is 89.5 Å². The second-order valence-electron chi connectivity index (χ2n) is 9.90. The minimum absolute atomic E-state index is 0.00703. The van der Waals surface area contributed by atoms with Crippen LogP contribution >= 0.6 is 0 Å². The Bertz CT molecular complexity index is 1410. The molecule has 38 heavy (non-hydrogen) atoms. The van der Waals surface area contributed by atoms with Crippen molar-refractivity contribution in [1.82, 2.24) is 9.97 Å². The molecule has 2 aliphatic carbocycles. The number of anilines is 3. The van der Waals surface area contributed by atoms with Gasteiger partial charge in [-0.3, -0.25) is 4.99 Å². The summed E-state index contributed by atoms with van der Waals surface area (Å²) in [5.41, 5.74) is 5.28. The lowest BCUT2D eigenvalue weighted by atomic mass is 9.84. The molecule has 1 aliphatic heterocycles. The molecule has 1 atom stereocenters. The SMILES string of the molecule is COC1CCC(N=C2C=C3C(C=C2Nc2ncccn2)Cc2ccccc2N3c2ccc(F)c(F)c2)CC1. The Morgan fingerprint density at radius 3 is 2.53 bits per heavy atom. The van der Waals surface area contributed by atoms with E-state index in [-0.39, 0.29) is 18.1 Å². The Hall–Kier alpha value is -3.91. The number of rotatable bonds is 5. The number of hydrogen-bond acceptors (Lipinski definition) is 6. The van der Waals surface area contributed by atoms with Crippen LogP contribution in [-0.4, -0.2) is 34.9 Å². The molecular weight excluding hydrogens is 484 g/mol. The molecule has 1 fully saturated rings. The van der Waals surface area contributed by atoms with Crippen molar-refractivity contribution in [2.45, 2.75) is 44.2 Å². The second-order valence-corrected chi connectivity index (χ2v) is 9.90. The number of ether oxygens (including phenoxy) is 1. The largest absolute Gasteiger partial charge is 0.381 e. The first kappa shape index (κ1) is 24.4. The number of hydrogen-bond donors (Lipinski definition) is 1. The summed E-state index contributed by atoms with van der Waals surface area (Å²) >= 11 is 0. The molecule has 194 valence electrons. The summed E-state index contributed by atoms with van der Waals surface area (Å²) in [4.78, 5) is 15.9. The van der Waals surface area contributed by atoms with Gasteiger partial charge in [0.25, 0.3) is 0 Å². The number of allylic oxidation sites excluding steroid dienone is 2. The van der Waals surface area contributed by atoms with E-state index in [0.717, 1.165) is 60.5 Å². The van der Waals surface area contributed by atoms with Gasteiger partial charge in [-0.25, -0.2) is 18.7 Å². The van der Waals surface area contributed by atoms with Crippen LogP contribution in [0.2, 0.25) is 0 Å². The number of nitrogens with one attached hydrogen (secondary N) is 1. The maximum Gasteiger partial charge on any atom is 0.227 e. The number of methoxy groups -OCH3 is 1. The highest BCUT2D eigenvalue weighted by molar-refractivity contribution is 6.12. The average molecular weight is 514 g/mol. The Balaban J connectivity index is 1.44. The lowest BCUT2D eigenvalue weighted by molar-refractivity contribution is 0.0667. The number of benzene rings is 2. The highest BCUT2D eigenvalue weighted by atomic mass is 19.2. The zero-order valence-electron chi connectivity index (χ0n) is 21.1. The van der Waals surface area contributed by atoms with Crippen molar-refractivity contribution < 1.29 is 13.5 Å². The van der Waals surface area contributed by atoms with E-state index >= 15 is 0 Å². The number of aliphatic imine (C=N–C) groups is 1. The van der Waals surface area contributed by atoms with E-state index in [1.54, 1.807) is 31.6 Å². The van der Waals surface area contributed by atoms with Gasteiger partial charge in [-0.2, -0.15) is 0 Å². The van der Waals surface area contributed by atoms with Crippen molar-refractivity contribution in [1.29, 1.82) is 0 Å². The second kappa shape index (κ2) is 10.5. The third-order valence-corrected chi connectivity index (χ3v) is 7.51. The number of nitrogens with zero attached hydrogens (tertiary/aromatic N) is 4. The topological polar surface area (TPSA) is 62.6 Å². The summed E-state index contributed by atoms with van der Waals surface area (Å²) in [5.74, 6) is -1.25. The smallest absolute Gasteiger partial charge is 0.227 e. The third kappa shape index (κ3) is 4.84. The van der Waals surface area contributed by atoms with Crippen LogP contribution < -0.4 is 10.2 Å². The zero-order chi connectivity index (χ0) is 26.1. The van der Waals surface area contributed by atoms with Crippen LogP contribution in [-0.2, 0) is 11.2 Å². The molecule has 1 N–H and O–H groups in total. The predicted molar refractivity (Wildman–Crippen MR) is 144 cm³/mol. The van der Waals surface area contributed by atoms with Crippen LogP contribution in [0.5, 0.6) is 0 Å². The average Bonchev–Trinajstić information content (AvgIpc) is 2.95. The molecule has 3 aromatic rings. The fraction of sp³-hybridized carbons (Fsp3) is 0.300. The molecule has 1 saturated carbocycles. The first-order valence-electron chi connectivity index (χ1n) is 13.0. The summed E-state index contributed by atoms with van der Waals surface area (Å²) in [6.45, 7) is 0. The van der Waals surface area contributed by atoms with Gasteiger partial charge < -0.3 is 15.0 Å². The molecule has 1 aromatic heterocycles. The lowest BCUT2D eigenvalue weighted by Gasteiger charge is -2.40. The highest BCUT2D eigenvalue weighted by Gasteiger charge is 2.34. The lowest BCUT2D eigenvalue weighted by Crippen LogP contribution is -2.34. The van der Waals surface area contributed by atoms with Gasteiger partial charge in [0, 0.05) is 48.6 Å². The molecule has 8 heteroatoms. The first-order chi connectivity index (χ1) is 18.6. The molecule has 2 heterocycles. The molecule has 2 aromatic carbocycles. The van der Waals surface area contributed by atoms with E-state index < -0.39 is 11.6 Å². The highest BCUT2D eigenvalue weighted by Crippen LogP contribution is 2.44. The first-order valence-corrected chi connectivity index (χ1v) is 13.0. The van der Waals surface area contributed by atoms with Gasteiger partial charge in [0.2, 0.25) is 5.95 Å². The Morgan fingerprint density at radius 1 is 0.974 bits per heavy atom. The summed E-state index contributed by atoms with van der Waals surface area (Å²) in [6.07, 6.45) is 12.5. The Kier molecular flexibility index (Phi) is 6.72. The number of para-hydroxylation sites is 1. The molecule has 1 unspecified atom stereocenters. The van der Waals surface area contributed by atoms with Crippen molar-refractivity contribution in [3.05, 3.63) is 102 Å². The maximum atomic E-state index is 14.4. The fourth-order valence-electron chi connectivity index (χ4n) is 5.58. The Labute approximate surface area is 220 Å². The summed E-state index contributed by atoms with van der Waals surface area (Å²) in [7, 11) is 1.76. The van der Waals surface area contributed by atoms with Crippen LogP contribution in [0.25, 0.3) is 0 Å². The van der Waals surface area contributed by atoms with Crippen LogP contribution in [0.4, 0.5) is 26.1 Å². The minimum atomic E-state index is -0.874. The van der Waals surface area contributed by atoms with Crippen LogP contribution in [0.1, 0.15) is 31.2 Å². The van der Waals surface area contributed by atoms with E-state index in [1.807, 2.05) is 23.1 Å². The van der Waals surface area contributed by atoms with Gasteiger partial charge in [0.05, 0.1) is 23.6 Å². The van der Waals surface area contributed by atoms with E-state index in [0.29, 0.717) is 11.6 Å². The molecule has 0 amide bonds. The standard InChI is InChI=1S/C30H29F2N5O/c1-38-23-10-7-21(8-11-23)35-27-18-29-20(16-26(27)36-30-33-13-4-14-34-30)15-19-5-2-3-6-28(19)37(29)22-9-12-24(31)25(32)17-22/h2-6,9,12-14,16-18,20-21,23H,7-8,10-11,15H2,1H3,(H,33,34,36). The number of fused-ring (bicyclic) bond motifs is 2. The van der Waals surface area contributed by atoms with Gasteiger partial charge >= 0.3 is 0 Å². The number of halogens is 2. The van der Waals surface area contributed by atoms with Gasteiger partial charge in [-0.05, 0) is 74.1 Å². The predicted octanol–water partition coefficient (Wildman–Crippen LogP) is 6.36. The van der Waals surface area contributed by atoms with Gasteiger partial charge in [-0.1, -0.05) is 18.2 Å². The summed E-state index contributed by atoms with van der Waals surface area (Å²) in [5, 5.41) is 3.38. The quantitative estimate of drug-likeness (QED) is 0.430. The van der Waals surface area contributed by atoms with E-state index in [2.05, 4.69) is 33.5 Å².